The molecule has 0 radical (unpaired) electrons. The maximum absolute atomic E-state index is 10.6. The minimum atomic E-state index is -1.06. The molecular weight excluding hydrogens is 670 g/mol. The van der Waals surface area contributed by atoms with Crippen LogP contribution in [-0.4, -0.2) is 56.5 Å². The predicted molar refractivity (Wildman–Crippen MR) is 160 cm³/mol. The minimum Gasteiger partial charge on any atom is -0.471 e. The van der Waals surface area contributed by atoms with Crippen LogP contribution >= 0.6 is 41.5 Å². The van der Waals surface area contributed by atoms with Gasteiger partial charge in [-0.25, -0.2) is 4.98 Å². The summed E-state index contributed by atoms with van der Waals surface area (Å²) in [5, 5.41) is 20.2. The second-order valence-electron chi connectivity index (χ2n) is 8.99. The molecule has 1 saturated heterocycles. The third kappa shape index (κ3) is 6.65. The van der Waals surface area contributed by atoms with Crippen molar-refractivity contribution in [3.8, 4) is 28.5 Å². The highest BCUT2D eigenvalue weighted by Gasteiger charge is 2.34. The molecule has 0 spiro atoms. The molecule has 6 nitrogen and oxygen atoms in total. The van der Waals surface area contributed by atoms with Gasteiger partial charge in [-0.3, -0.25) is 4.90 Å². The van der Waals surface area contributed by atoms with E-state index in [0.29, 0.717) is 11.7 Å². The lowest BCUT2D eigenvalue weighted by Gasteiger charge is -2.39. The maximum atomic E-state index is 10.6. The number of rotatable bonds is 10. The van der Waals surface area contributed by atoms with Gasteiger partial charge < -0.3 is 19.4 Å². The summed E-state index contributed by atoms with van der Waals surface area (Å²) < 4.78 is 21.0. The average molecular weight is 702 g/mol. The van der Waals surface area contributed by atoms with Crippen LogP contribution in [0.25, 0.3) is 22.8 Å². The zero-order valence-electron chi connectivity index (χ0n) is 19.9. The first-order chi connectivity index (χ1) is 16.9. The molecule has 3 aromatic rings. The molecular formula is C27H32I2N2O4. The molecule has 0 aliphatic carbocycles. The molecule has 1 fully saturated rings. The van der Waals surface area contributed by atoms with Crippen molar-refractivity contribution in [1.82, 2.24) is 9.88 Å². The first kappa shape index (κ1) is 26.6. The van der Waals surface area contributed by atoms with Gasteiger partial charge in [-0.1, -0.05) is 80.8 Å². The Kier molecular flexibility index (Phi) is 9.25. The summed E-state index contributed by atoms with van der Waals surface area (Å²) in [5.41, 5.74) is 1.89. The fraction of sp³-hybridized carbons (Fsp3) is 0.370. The highest BCUT2D eigenvalue weighted by molar-refractivity contribution is 14.3. The van der Waals surface area contributed by atoms with Crippen molar-refractivity contribution >= 4 is 50.5 Å². The first-order valence-corrected chi connectivity index (χ1v) is 17.1. The van der Waals surface area contributed by atoms with Crippen molar-refractivity contribution in [2.75, 3.05) is 19.7 Å². The van der Waals surface area contributed by atoms with Crippen molar-refractivity contribution in [2.24, 2.45) is 5.92 Å². The van der Waals surface area contributed by atoms with Crippen LogP contribution < -0.4 is 4.74 Å². The molecule has 0 unspecified atom stereocenters. The SMILES string of the molecule is C=IC(Oc1cc(-c2cnc(-c3ccccc3)o2)ccc1CN1CCC[C@H]([C@](C)(O)CO)C1)I=C. The topological polar surface area (TPSA) is 79.0 Å². The van der Waals surface area contributed by atoms with Gasteiger partial charge in [0.2, 0.25) is 5.89 Å². The van der Waals surface area contributed by atoms with Crippen LogP contribution in [0.1, 0.15) is 25.3 Å². The molecule has 2 heterocycles. The van der Waals surface area contributed by atoms with E-state index in [-0.39, 0.29) is 56.1 Å². The average Bonchev–Trinajstić information content (AvgIpc) is 3.39. The second-order valence-corrected chi connectivity index (χ2v) is 15.4. The number of oxazole rings is 1. The molecule has 2 N–H and O–H groups in total. The summed E-state index contributed by atoms with van der Waals surface area (Å²) in [7, 11) is 0. The molecule has 2 aromatic carbocycles. The van der Waals surface area contributed by atoms with Crippen molar-refractivity contribution in [1.29, 1.82) is 0 Å². The Bertz CT molecular complexity index is 1140. The van der Waals surface area contributed by atoms with Crippen LogP contribution in [0.2, 0.25) is 0 Å². The summed E-state index contributed by atoms with van der Waals surface area (Å²) in [5.74, 6) is 2.17. The van der Waals surface area contributed by atoms with Crippen molar-refractivity contribution in [3.05, 3.63) is 60.3 Å². The standard InChI is InChI=1S/C27H32I2N2O4/c1-27(33,18-32)22-10-7-13-31(17-22)16-21-12-11-20(14-23(21)35-26(28-2)29-3)24-15-30-25(34-24)19-8-5-4-6-9-19/h4-6,8-9,11-12,14-15,22,26,32-33H,2-3,7,10,13,16-18H2,1H3/t22-,27+/m0/s1. The van der Waals surface area contributed by atoms with E-state index < -0.39 is 5.60 Å². The fourth-order valence-corrected chi connectivity index (χ4v) is 7.07. The van der Waals surface area contributed by atoms with Gasteiger partial charge in [-0.05, 0) is 44.5 Å². The Balaban J connectivity index is 1.60. The number of nitrogens with zero attached hydrogens (tertiary/aromatic N) is 2. The Morgan fingerprint density at radius 1 is 1.20 bits per heavy atom. The number of alkyl halides is 2. The number of aromatic nitrogens is 1. The van der Waals surface area contributed by atoms with E-state index in [9.17, 15) is 10.2 Å². The zero-order chi connectivity index (χ0) is 24.8. The lowest BCUT2D eigenvalue weighted by atomic mass is 9.83. The summed E-state index contributed by atoms with van der Waals surface area (Å²) >= 11 is -0.663. The molecule has 1 aliphatic heterocycles. The third-order valence-corrected chi connectivity index (χ3v) is 12.8. The van der Waals surface area contributed by atoms with Crippen LogP contribution in [0.3, 0.4) is 0 Å². The van der Waals surface area contributed by atoms with E-state index in [4.69, 9.17) is 9.15 Å². The van der Waals surface area contributed by atoms with E-state index in [0.717, 1.165) is 54.9 Å². The van der Waals surface area contributed by atoms with Gasteiger partial charge in [0.15, 0.2) is 7.88 Å². The molecule has 1 aliphatic rings. The Hall–Kier alpha value is -1.47. The van der Waals surface area contributed by atoms with E-state index in [1.807, 2.05) is 36.4 Å². The molecule has 8 heteroatoms. The number of hydrogen-bond donors (Lipinski definition) is 2. The van der Waals surface area contributed by atoms with Gasteiger partial charge in [-0.2, -0.15) is 0 Å². The Morgan fingerprint density at radius 3 is 2.69 bits per heavy atom. The van der Waals surface area contributed by atoms with Crippen LogP contribution in [0.5, 0.6) is 5.75 Å². The number of aliphatic hydroxyl groups is 2. The first-order valence-electron chi connectivity index (χ1n) is 11.5. The third-order valence-electron chi connectivity index (χ3n) is 6.44. The largest absolute Gasteiger partial charge is 0.471 e. The molecule has 188 valence electrons. The highest BCUT2D eigenvalue weighted by Crippen LogP contribution is 2.35. The lowest BCUT2D eigenvalue weighted by Crippen LogP contribution is -2.47. The molecule has 0 bridgehead atoms. The monoisotopic (exact) mass is 702 g/mol. The van der Waals surface area contributed by atoms with Crippen LogP contribution in [0.15, 0.2) is 59.1 Å². The lowest BCUT2D eigenvalue weighted by molar-refractivity contribution is -0.0697. The summed E-state index contributed by atoms with van der Waals surface area (Å²) in [6.07, 6.45) is 3.67. The van der Waals surface area contributed by atoms with Gasteiger partial charge in [0.1, 0.15) is 5.75 Å². The highest BCUT2D eigenvalue weighted by atomic mass is 127. The molecule has 2 atom stereocenters. The molecule has 0 amide bonds. The van der Waals surface area contributed by atoms with Crippen molar-refractivity contribution < 1.29 is 19.4 Å². The number of likely N-dealkylation sites (tertiary alicyclic amines) is 1. The Morgan fingerprint density at radius 2 is 1.97 bits per heavy atom. The fourth-order valence-electron chi connectivity index (χ4n) is 4.35. The predicted octanol–water partition coefficient (Wildman–Crippen LogP) is 5.43. The van der Waals surface area contributed by atoms with E-state index in [1.54, 1.807) is 13.1 Å². The zero-order valence-corrected chi connectivity index (χ0v) is 24.2. The summed E-state index contributed by atoms with van der Waals surface area (Å²) in [6, 6.07) is 16.1. The smallest absolute Gasteiger partial charge is 0.226 e. The molecule has 4 rings (SSSR count). The number of piperidine rings is 1. The van der Waals surface area contributed by atoms with Gasteiger partial charge in [0.25, 0.3) is 0 Å². The molecule has 35 heavy (non-hydrogen) atoms. The number of ether oxygens (including phenoxy) is 1. The van der Waals surface area contributed by atoms with Crippen LogP contribution in [0.4, 0.5) is 0 Å². The Labute approximate surface area is 226 Å². The van der Waals surface area contributed by atoms with Gasteiger partial charge in [-0.15, -0.1) is 0 Å². The van der Waals surface area contributed by atoms with Gasteiger partial charge in [0, 0.05) is 35.7 Å². The van der Waals surface area contributed by atoms with Crippen LogP contribution in [-0.2, 0) is 6.54 Å². The number of halogens is 2. The number of hydrogen-bond acceptors (Lipinski definition) is 6. The maximum Gasteiger partial charge on any atom is 0.226 e. The second kappa shape index (κ2) is 12.2. The van der Waals surface area contributed by atoms with Gasteiger partial charge in [0.05, 0.1) is 18.4 Å². The quantitative estimate of drug-likeness (QED) is 0.217. The number of benzene rings is 2. The normalized spacial score (nSPS) is 18.5. The molecule has 1 aromatic heterocycles. The molecule has 0 saturated carbocycles. The van der Waals surface area contributed by atoms with Crippen molar-refractivity contribution in [3.63, 3.8) is 0 Å². The summed E-state index contributed by atoms with van der Waals surface area (Å²) in [6.45, 7) is 3.92. The van der Waals surface area contributed by atoms with E-state index in [2.05, 4.69) is 31.0 Å². The van der Waals surface area contributed by atoms with E-state index in [1.165, 1.54) is 0 Å². The van der Waals surface area contributed by atoms with Crippen LogP contribution in [0, 0.1) is 5.92 Å². The van der Waals surface area contributed by atoms with Gasteiger partial charge >= 0.3 is 0 Å². The van der Waals surface area contributed by atoms with Crippen molar-refractivity contribution in [2.45, 2.75) is 34.0 Å². The number of aliphatic hydroxyl groups excluding tert-OH is 1. The summed E-state index contributed by atoms with van der Waals surface area (Å²) in [4.78, 5) is 6.82. The minimum absolute atomic E-state index is 0.0413. The van der Waals surface area contributed by atoms with E-state index >= 15 is 0 Å².